The summed E-state index contributed by atoms with van der Waals surface area (Å²) in [6, 6.07) is 16.5. The van der Waals surface area contributed by atoms with Gasteiger partial charge < -0.3 is 5.32 Å². The van der Waals surface area contributed by atoms with Crippen molar-refractivity contribution < 1.29 is 9.18 Å². The van der Waals surface area contributed by atoms with Gasteiger partial charge in [0.2, 0.25) is 5.91 Å². The number of amides is 1. The number of rotatable bonds is 8. The number of nitrogens with one attached hydrogen (secondary N) is 1. The van der Waals surface area contributed by atoms with Crippen LogP contribution in [0.15, 0.2) is 67.0 Å². The van der Waals surface area contributed by atoms with E-state index in [1.807, 2.05) is 42.6 Å². The zero-order valence-electron chi connectivity index (χ0n) is 14.3. The highest BCUT2D eigenvalue weighted by Crippen LogP contribution is 2.14. The van der Waals surface area contributed by atoms with Gasteiger partial charge in [-0.15, -0.1) is 0 Å². The number of hydrogen-bond acceptors (Lipinski definition) is 3. The normalized spacial score (nSPS) is 10.7. The molecule has 1 N–H and O–H groups in total. The van der Waals surface area contributed by atoms with Crippen LogP contribution in [0, 0.1) is 5.82 Å². The van der Waals surface area contributed by atoms with Gasteiger partial charge in [0, 0.05) is 24.2 Å². The van der Waals surface area contributed by atoms with E-state index >= 15 is 0 Å². The van der Waals surface area contributed by atoms with Crippen molar-refractivity contribution in [2.24, 2.45) is 0 Å². The van der Waals surface area contributed by atoms with Crippen molar-refractivity contribution in [3.05, 3.63) is 83.9 Å². The number of hydrogen-bond donors (Lipinski definition) is 1. The molecule has 0 atom stereocenters. The number of para-hydroxylation sites is 1. The predicted molar refractivity (Wildman–Crippen MR) is 103 cm³/mol. The number of aromatic nitrogens is 2. The van der Waals surface area contributed by atoms with Crippen molar-refractivity contribution in [3.8, 4) is 5.69 Å². The summed E-state index contributed by atoms with van der Waals surface area (Å²) in [5, 5.41) is 7.18. The van der Waals surface area contributed by atoms with Crippen molar-refractivity contribution in [3.63, 3.8) is 0 Å². The Bertz CT molecular complexity index is 851. The van der Waals surface area contributed by atoms with Gasteiger partial charge in [-0.25, -0.2) is 9.07 Å². The van der Waals surface area contributed by atoms with Crippen LogP contribution in [0.2, 0.25) is 0 Å². The van der Waals surface area contributed by atoms with Crippen LogP contribution >= 0.6 is 11.8 Å². The summed E-state index contributed by atoms with van der Waals surface area (Å²) in [6.07, 6.45) is 3.87. The third kappa shape index (κ3) is 5.20. The van der Waals surface area contributed by atoms with Crippen molar-refractivity contribution in [2.75, 3.05) is 12.3 Å². The molecule has 2 aromatic carbocycles. The third-order valence-corrected chi connectivity index (χ3v) is 4.81. The fourth-order valence-corrected chi connectivity index (χ4v) is 3.33. The van der Waals surface area contributed by atoms with Crippen LogP contribution in [-0.2, 0) is 17.0 Å². The summed E-state index contributed by atoms with van der Waals surface area (Å²) in [5.41, 5.74) is 2.52. The zero-order chi connectivity index (χ0) is 18.2. The maximum Gasteiger partial charge on any atom is 0.224 e. The minimum absolute atomic E-state index is 0.0379. The molecule has 0 unspecified atom stereocenters. The minimum Gasteiger partial charge on any atom is -0.355 e. The van der Waals surface area contributed by atoms with Crippen molar-refractivity contribution in [2.45, 2.75) is 12.2 Å². The van der Waals surface area contributed by atoms with E-state index in [2.05, 4.69) is 10.4 Å². The van der Waals surface area contributed by atoms with E-state index in [-0.39, 0.29) is 11.7 Å². The van der Waals surface area contributed by atoms with Crippen LogP contribution in [0.4, 0.5) is 4.39 Å². The standard InChI is InChI=1S/C20H20FN3OS/c21-19-9-5-4-6-17(19)15-26-11-10-22-20(25)12-16-13-23-24(14-16)18-7-2-1-3-8-18/h1-9,13-14H,10-12,15H2,(H,22,25). The molecule has 26 heavy (non-hydrogen) atoms. The molecule has 0 spiro atoms. The second kappa shape index (κ2) is 9.20. The second-order valence-electron chi connectivity index (χ2n) is 5.80. The number of nitrogens with zero attached hydrogens (tertiary/aromatic N) is 2. The monoisotopic (exact) mass is 369 g/mol. The molecule has 0 aliphatic rings. The first-order chi connectivity index (χ1) is 12.7. The van der Waals surface area contributed by atoms with Gasteiger partial charge in [0.1, 0.15) is 5.82 Å². The number of benzene rings is 2. The summed E-state index contributed by atoms with van der Waals surface area (Å²) in [7, 11) is 0. The van der Waals surface area contributed by atoms with E-state index in [4.69, 9.17) is 0 Å². The van der Waals surface area contributed by atoms with Crippen molar-refractivity contribution in [1.82, 2.24) is 15.1 Å². The molecule has 134 valence electrons. The highest BCUT2D eigenvalue weighted by Gasteiger charge is 2.07. The molecule has 0 saturated heterocycles. The lowest BCUT2D eigenvalue weighted by molar-refractivity contribution is -0.120. The van der Waals surface area contributed by atoms with Gasteiger partial charge in [0.25, 0.3) is 0 Å². The molecule has 1 amide bonds. The van der Waals surface area contributed by atoms with Crippen LogP contribution in [0.25, 0.3) is 5.69 Å². The lowest BCUT2D eigenvalue weighted by Crippen LogP contribution is -2.27. The quantitative estimate of drug-likeness (QED) is 0.617. The smallest absolute Gasteiger partial charge is 0.224 e. The van der Waals surface area contributed by atoms with E-state index in [0.29, 0.717) is 24.3 Å². The van der Waals surface area contributed by atoms with Crippen LogP contribution in [0.5, 0.6) is 0 Å². The molecule has 1 heterocycles. The number of thioether (sulfide) groups is 1. The fraction of sp³-hybridized carbons (Fsp3) is 0.200. The Hall–Kier alpha value is -2.60. The number of carbonyl (C=O) groups is 1. The van der Waals surface area contributed by atoms with Crippen LogP contribution < -0.4 is 5.32 Å². The minimum atomic E-state index is -0.181. The van der Waals surface area contributed by atoms with Crippen molar-refractivity contribution in [1.29, 1.82) is 0 Å². The Kier molecular flexibility index (Phi) is 6.44. The number of halogens is 1. The second-order valence-corrected chi connectivity index (χ2v) is 6.90. The maximum absolute atomic E-state index is 13.5. The summed E-state index contributed by atoms with van der Waals surface area (Å²) in [5.74, 6) is 1.12. The predicted octanol–water partition coefficient (Wildman–Crippen LogP) is 3.60. The van der Waals surface area contributed by atoms with Gasteiger partial charge in [-0.1, -0.05) is 36.4 Å². The fourth-order valence-electron chi connectivity index (χ4n) is 2.48. The average molecular weight is 369 g/mol. The van der Waals surface area contributed by atoms with E-state index < -0.39 is 0 Å². The highest BCUT2D eigenvalue weighted by atomic mass is 32.2. The van der Waals surface area contributed by atoms with Gasteiger partial charge in [-0.05, 0) is 29.3 Å². The molecule has 3 rings (SSSR count). The average Bonchev–Trinajstić information content (AvgIpc) is 3.12. The molecular formula is C20H20FN3OS. The van der Waals surface area contributed by atoms with E-state index in [1.54, 1.807) is 34.8 Å². The zero-order valence-corrected chi connectivity index (χ0v) is 15.1. The Morgan fingerprint density at radius 3 is 2.69 bits per heavy atom. The maximum atomic E-state index is 13.5. The lowest BCUT2D eigenvalue weighted by atomic mass is 10.2. The summed E-state index contributed by atoms with van der Waals surface area (Å²) in [4.78, 5) is 12.0. The third-order valence-electron chi connectivity index (χ3n) is 3.81. The van der Waals surface area contributed by atoms with Crippen LogP contribution in [-0.4, -0.2) is 28.0 Å². The molecular weight excluding hydrogens is 349 g/mol. The first-order valence-corrected chi connectivity index (χ1v) is 9.54. The molecule has 3 aromatic rings. The molecule has 0 saturated carbocycles. The van der Waals surface area contributed by atoms with E-state index in [1.165, 1.54) is 6.07 Å². The SMILES string of the molecule is O=C(Cc1cnn(-c2ccccc2)c1)NCCSCc1ccccc1F. The summed E-state index contributed by atoms with van der Waals surface area (Å²) in [6.45, 7) is 0.560. The summed E-state index contributed by atoms with van der Waals surface area (Å²) >= 11 is 1.60. The Morgan fingerprint density at radius 1 is 1.12 bits per heavy atom. The van der Waals surface area contributed by atoms with Gasteiger partial charge in [-0.3, -0.25) is 4.79 Å². The topological polar surface area (TPSA) is 46.9 Å². The van der Waals surface area contributed by atoms with E-state index in [0.717, 1.165) is 17.0 Å². The van der Waals surface area contributed by atoms with Crippen LogP contribution in [0.3, 0.4) is 0 Å². The Labute approximate surface area is 156 Å². The van der Waals surface area contributed by atoms with Gasteiger partial charge in [-0.2, -0.15) is 16.9 Å². The molecule has 0 aliphatic carbocycles. The largest absolute Gasteiger partial charge is 0.355 e. The molecule has 4 nitrogen and oxygen atoms in total. The Balaban J connectivity index is 1.38. The molecule has 0 aliphatic heterocycles. The number of carbonyl (C=O) groups excluding carboxylic acids is 1. The summed E-state index contributed by atoms with van der Waals surface area (Å²) < 4.78 is 15.3. The van der Waals surface area contributed by atoms with Crippen molar-refractivity contribution >= 4 is 17.7 Å². The molecule has 0 fully saturated rings. The molecule has 0 bridgehead atoms. The molecule has 1 aromatic heterocycles. The first kappa shape index (κ1) is 18.2. The highest BCUT2D eigenvalue weighted by molar-refractivity contribution is 7.98. The van der Waals surface area contributed by atoms with Gasteiger partial charge >= 0.3 is 0 Å². The van der Waals surface area contributed by atoms with Gasteiger partial charge in [0.15, 0.2) is 0 Å². The molecule has 0 radical (unpaired) electrons. The van der Waals surface area contributed by atoms with Crippen LogP contribution in [0.1, 0.15) is 11.1 Å². The first-order valence-electron chi connectivity index (χ1n) is 8.39. The molecule has 6 heteroatoms. The lowest BCUT2D eigenvalue weighted by Gasteiger charge is -2.05. The van der Waals surface area contributed by atoms with E-state index in [9.17, 15) is 9.18 Å². The Morgan fingerprint density at radius 2 is 1.88 bits per heavy atom. The van der Waals surface area contributed by atoms with Gasteiger partial charge in [0.05, 0.1) is 18.3 Å².